The SMILES string of the molecule is CCc1cc2c(cc1OS(N)(=O)=O)CC[C@@H]1[C@@H]2CC[C@]2(C)[C@@H](CS(C)(=O)=O)CC[C@@H]12. The highest BCUT2D eigenvalue weighted by Gasteiger charge is 2.55. The Morgan fingerprint density at radius 1 is 1.13 bits per heavy atom. The first kappa shape index (κ1) is 22.1. The molecule has 2 saturated carbocycles. The van der Waals surface area contributed by atoms with Crippen LogP contribution in [0.25, 0.3) is 0 Å². The van der Waals surface area contributed by atoms with E-state index >= 15 is 0 Å². The fourth-order valence-corrected chi connectivity index (χ4v) is 8.56. The third kappa shape index (κ3) is 4.02. The molecule has 0 amide bonds. The summed E-state index contributed by atoms with van der Waals surface area (Å²) in [5, 5.41) is 5.11. The minimum absolute atomic E-state index is 0.103. The molecule has 3 aliphatic carbocycles. The van der Waals surface area contributed by atoms with Crippen LogP contribution in [0.1, 0.15) is 68.6 Å². The van der Waals surface area contributed by atoms with Gasteiger partial charge in [-0.15, -0.1) is 0 Å². The highest BCUT2D eigenvalue weighted by atomic mass is 32.2. The lowest BCUT2D eigenvalue weighted by atomic mass is 9.54. The zero-order chi connectivity index (χ0) is 21.9. The number of hydrogen-bond acceptors (Lipinski definition) is 5. The lowest BCUT2D eigenvalue weighted by Gasteiger charge is -2.51. The summed E-state index contributed by atoms with van der Waals surface area (Å²) in [4.78, 5) is 0. The van der Waals surface area contributed by atoms with E-state index < -0.39 is 20.1 Å². The van der Waals surface area contributed by atoms with E-state index in [-0.39, 0.29) is 11.3 Å². The molecular weight excluding hydrogens is 422 g/mol. The topological polar surface area (TPSA) is 104 Å². The van der Waals surface area contributed by atoms with E-state index in [0.717, 1.165) is 44.1 Å². The summed E-state index contributed by atoms with van der Waals surface area (Å²) in [6, 6.07) is 4.02. The van der Waals surface area contributed by atoms with Crippen molar-refractivity contribution < 1.29 is 21.0 Å². The molecule has 3 aliphatic rings. The predicted octanol–water partition coefficient (Wildman–Crippen LogP) is 3.35. The summed E-state index contributed by atoms with van der Waals surface area (Å²) in [6.45, 7) is 4.31. The molecule has 0 bridgehead atoms. The van der Waals surface area contributed by atoms with Gasteiger partial charge in [0.1, 0.15) is 15.6 Å². The van der Waals surface area contributed by atoms with Crippen molar-refractivity contribution in [3.63, 3.8) is 0 Å². The molecule has 2 N–H and O–H groups in total. The number of fused-ring (bicyclic) bond motifs is 5. The number of rotatable bonds is 5. The molecule has 30 heavy (non-hydrogen) atoms. The molecule has 4 rings (SSSR count). The molecule has 0 aliphatic heterocycles. The fraction of sp³-hybridized carbons (Fsp3) is 0.727. The van der Waals surface area contributed by atoms with Gasteiger partial charge in [-0.05, 0) is 96.8 Å². The normalized spacial score (nSPS) is 33.5. The van der Waals surface area contributed by atoms with Gasteiger partial charge in [0.2, 0.25) is 0 Å². The van der Waals surface area contributed by atoms with Crippen LogP contribution in [0.5, 0.6) is 5.75 Å². The molecule has 5 atom stereocenters. The number of nitrogens with two attached hydrogens (primary N) is 1. The van der Waals surface area contributed by atoms with Gasteiger partial charge in [0.25, 0.3) is 0 Å². The van der Waals surface area contributed by atoms with Gasteiger partial charge >= 0.3 is 10.3 Å². The molecule has 0 aromatic heterocycles. The Kier molecular flexibility index (Phi) is 5.51. The monoisotopic (exact) mass is 455 g/mol. The molecule has 168 valence electrons. The molecular formula is C22H33NO5S2. The van der Waals surface area contributed by atoms with Crippen LogP contribution in [0.3, 0.4) is 0 Å². The molecule has 8 heteroatoms. The Bertz CT molecular complexity index is 1050. The summed E-state index contributed by atoms with van der Waals surface area (Å²) < 4.78 is 52.0. The van der Waals surface area contributed by atoms with Crippen LogP contribution in [-0.2, 0) is 33.0 Å². The van der Waals surface area contributed by atoms with Crippen molar-refractivity contribution in [2.24, 2.45) is 28.3 Å². The Morgan fingerprint density at radius 2 is 1.87 bits per heavy atom. The largest absolute Gasteiger partial charge is 0.380 e. The molecule has 0 unspecified atom stereocenters. The molecule has 0 radical (unpaired) electrons. The summed E-state index contributed by atoms with van der Waals surface area (Å²) >= 11 is 0. The minimum atomic E-state index is -4.05. The maximum absolute atomic E-state index is 12.0. The Hall–Kier alpha value is -1.12. The molecule has 6 nitrogen and oxygen atoms in total. The second kappa shape index (κ2) is 7.48. The van der Waals surface area contributed by atoms with Crippen LogP contribution in [0.15, 0.2) is 12.1 Å². The standard InChI is InChI=1S/C22H33NO5S2/c1-4-14-11-19-15(12-21(14)28-30(23,26)27)5-7-18-17(19)9-10-22(2)16(6-8-20(18)22)13-29(3,24)25/h11-12,16-18,20H,4-10,13H2,1-3H3,(H2,23,26,27)/t16-,17+,18-,20+,22-/m1/s1. The van der Waals surface area contributed by atoms with Crippen molar-refractivity contribution in [1.29, 1.82) is 0 Å². The fourth-order valence-electron chi connectivity index (χ4n) is 6.87. The third-order valence-corrected chi connectivity index (χ3v) is 9.61. The van der Waals surface area contributed by atoms with Gasteiger partial charge in [0.05, 0.1) is 5.75 Å². The lowest BCUT2D eigenvalue weighted by Crippen LogP contribution is -2.43. The first-order chi connectivity index (χ1) is 13.9. The molecule has 1 aromatic carbocycles. The van der Waals surface area contributed by atoms with Gasteiger partial charge in [0.15, 0.2) is 0 Å². The van der Waals surface area contributed by atoms with Crippen LogP contribution >= 0.6 is 0 Å². The first-order valence-electron chi connectivity index (χ1n) is 11.0. The highest BCUT2D eigenvalue weighted by molar-refractivity contribution is 7.90. The average molecular weight is 456 g/mol. The van der Waals surface area contributed by atoms with Crippen molar-refractivity contribution >= 4 is 20.1 Å². The van der Waals surface area contributed by atoms with Crippen LogP contribution in [-0.4, -0.2) is 28.8 Å². The van der Waals surface area contributed by atoms with Crippen molar-refractivity contribution in [3.05, 3.63) is 28.8 Å². The second-order valence-corrected chi connectivity index (χ2v) is 13.3. The van der Waals surface area contributed by atoms with Gasteiger partial charge in [-0.25, -0.2) is 8.42 Å². The maximum atomic E-state index is 12.0. The molecule has 0 heterocycles. The van der Waals surface area contributed by atoms with E-state index in [1.54, 1.807) is 0 Å². The smallest absolute Gasteiger partial charge is 0.371 e. The molecule has 1 aromatic rings. The Balaban J connectivity index is 1.65. The van der Waals surface area contributed by atoms with Crippen molar-refractivity contribution in [1.82, 2.24) is 0 Å². The van der Waals surface area contributed by atoms with Gasteiger partial charge < -0.3 is 4.18 Å². The zero-order valence-corrected chi connectivity index (χ0v) is 19.7. The zero-order valence-electron chi connectivity index (χ0n) is 18.1. The van der Waals surface area contributed by atoms with Crippen molar-refractivity contribution in [2.45, 2.75) is 64.7 Å². The van der Waals surface area contributed by atoms with Crippen LogP contribution in [0.4, 0.5) is 0 Å². The molecule has 2 fully saturated rings. The van der Waals surface area contributed by atoms with Crippen LogP contribution < -0.4 is 9.32 Å². The van der Waals surface area contributed by atoms with Crippen molar-refractivity contribution in [3.8, 4) is 5.75 Å². The lowest BCUT2D eigenvalue weighted by molar-refractivity contribution is 0.0345. The summed E-state index contributed by atoms with van der Waals surface area (Å²) in [5.74, 6) is 2.50. The van der Waals surface area contributed by atoms with Gasteiger partial charge in [0, 0.05) is 6.26 Å². The number of sulfone groups is 1. The van der Waals surface area contributed by atoms with E-state index in [1.165, 1.54) is 17.4 Å². The van der Waals surface area contributed by atoms with E-state index in [2.05, 4.69) is 13.0 Å². The van der Waals surface area contributed by atoms with E-state index in [0.29, 0.717) is 35.7 Å². The Morgan fingerprint density at radius 3 is 2.50 bits per heavy atom. The van der Waals surface area contributed by atoms with Gasteiger partial charge in [-0.1, -0.05) is 19.9 Å². The number of benzene rings is 1. The summed E-state index contributed by atoms with van der Waals surface area (Å²) in [6.07, 6.45) is 8.21. The van der Waals surface area contributed by atoms with Crippen LogP contribution in [0.2, 0.25) is 0 Å². The third-order valence-electron chi connectivity index (χ3n) is 8.19. The van der Waals surface area contributed by atoms with Crippen molar-refractivity contribution in [2.75, 3.05) is 12.0 Å². The summed E-state index contributed by atoms with van der Waals surface area (Å²) in [5.41, 5.74) is 3.48. The predicted molar refractivity (Wildman–Crippen MR) is 117 cm³/mol. The number of aryl methyl sites for hydroxylation is 2. The quantitative estimate of drug-likeness (QED) is 0.733. The van der Waals surface area contributed by atoms with Crippen LogP contribution in [0, 0.1) is 23.2 Å². The number of hydrogen-bond donors (Lipinski definition) is 1. The maximum Gasteiger partial charge on any atom is 0.380 e. The summed E-state index contributed by atoms with van der Waals surface area (Å²) in [7, 11) is -7.03. The van der Waals surface area contributed by atoms with E-state index in [4.69, 9.17) is 9.32 Å². The van der Waals surface area contributed by atoms with E-state index in [1.807, 2.05) is 13.0 Å². The molecule has 0 saturated heterocycles. The van der Waals surface area contributed by atoms with Gasteiger partial charge in [-0.3, -0.25) is 0 Å². The second-order valence-electron chi connectivity index (χ2n) is 9.92. The molecule has 0 spiro atoms. The first-order valence-corrected chi connectivity index (χ1v) is 14.5. The Labute approximate surface area is 180 Å². The highest BCUT2D eigenvalue weighted by Crippen LogP contribution is 2.63. The van der Waals surface area contributed by atoms with E-state index in [9.17, 15) is 16.8 Å². The average Bonchev–Trinajstić information content (AvgIpc) is 2.94. The minimum Gasteiger partial charge on any atom is -0.371 e. The van der Waals surface area contributed by atoms with Gasteiger partial charge in [-0.2, -0.15) is 13.6 Å².